The molecule has 0 amide bonds. The van der Waals surface area contributed by atoms with Crippen molar-refractivity contribution >= 4 is 5.78 Å². The molecule has 0 bridgehead atoms. The van der Waals surface area contributed by atoms with Crippen molar-refractivity contribution in [1.82, 2.24) is 4.90 Å². The van der Waals surface area contributed by atoms with E-state index in [1.54, 1.807) is 0 Å². The lowest BCUT2D eigenvalue weighted by atomic mass is 9.91. The molecule has 1 aromatic carbocycles. The quantitative estimate of drug-likeness (QED) is 0.703. The Kier molecular flexibility index (Phi) is 4.17. The summed E-state index contributed by atoms with van der Waals surface area (Å²) in [4.78, 5) is 13.9. The fourth-order valence-corrected chi connectivity index (χ4v) is 2.26. The third-order valence-electron chi connectivity index (χ3n) is 3.74. The second-order valence-corrected chi connectivity index (χ2v) is 4.88. The molecule has 0 aliphatic carbocycles. The second-order valence-electron chi connectivity index (χ2n) is 4.88. The Balaban J connectivity index is 1.95. The lowest BCUT2D eigenvalue weighted by Gasteiger charge is -2.35. The van der Waals surface area contributed by atoms with E-state index in [0.29, 0.717) is 18.2 Å². The molecule has 2 atom stereocenters. The first-order valence-electron chi connectivity index (χ1n) is 6.49. The van der Waals surface area contributed by atoms with Crippen molar-refractivity contribution in [2.24, 2.45) is 5.92 Å². The molecule has 0 spiro atoms. The number of hydrogen-bond acceptors (Lipinski definition) is 2. The smallest absolute Gasteiger partial charge is 0.138 e. The Morgan fingerprint density at radius 3 is 2.72 bits per heavy atom. The van der Waals surface area contributed by atoms with E-state index in [2.05, 4.69) is 23.7 Å². The zero-order chi connectivity index (χ0) is 13.0. The van der Waals surface area contributed by atoms with E-state index >= 15 is 0 Å². The highest BCUT2D eigenvalue weighted by atomic mass is 16.1. The summed E-state index contributed by atoms with van der Waals surface area (Å²) in [6, 6.07) is 10.3. The molecule has 1 fully saturated rings. The summed E-state index contributed by atoms with van der Waals surface area (Å²) in [6.07, 6.45) is 0.665. The maximum absolute atomic E-state index is 11.6. The van der Waals surface area contributed by atoms with Crippen LogP contribution in [0.25, 0.3) is 0 Å². The van der Waals surface area contributed by atoms with Gasteiger partial charge in [0.1, 0.15) is 5.78 Å². The summed E-state index contributed by atoms with van der Waals surface area (Å²) in [7, 11) is 0. The van der Waals surface area contributed by atoms with Gasteiger partial charge in [0.15, 0.2) is 0 Å². The Bertz CT molecular complexity index is 469. The van der Waals surface area contributed by atoms with Crippen LogP contribution in [-0.2, 0) is 4.79 Å². The first kappa shape index (κ1) is 12.9. The van der Waals surface area contributed by atoms with E-state index in [1.165, 1.54) is 0 Å². The maximum Gasteiger partial charge on any atom is 0.138 e. The Labute approximate surface area is 109 Å². The number of hydrogen-bond donors (Lipinski definition) is 0. The van der Waals surface area contributed by atoms with Crippen LogP contribution in [0.5, 0.6) is 0 Å². The van der Waals surface area contributed by atoms with Crippen LogP contribution in [0.15, 0.2) is 30.3 Å². The van der Waals surface area contributed by atoms with Gasteiger partial charge in [-0.2, -0.15) is 0 Å². The lowest BCUT2D eigenvalue weighted by Crippen LogP contribution is -2.46. The predicted molar refractivity (Wildman–Crippen MR) is 73.1 cm³/mol. The summed E-state index contributed by atoms with van der Waals surface area (Å²) >= 11 is 0. The molecule has 1 aromatic rings. The number of nitrogens with zero attached hydrogens (tertiary/aromatic N) is 1. The molecule has 0 aromatic heterocycles. The van der Waals surface area contributed by atoms with Crippen LogP contribution in [0.2, 0.25) is 0 Å². The van der Waals surface area contributed by atoms with Gasteiger partial charge in [0.25, 0.3) is 0 Å². The van der Waals surface area contributed by atoms with Crippen LogP contribution in [0.4, 0.5) is 0 Å². The molecule has 0 saturated carbocycles. The number of carbonyl (C=O) groups excluding carboxylic acids is 1. The molecular formula is C16H19NO. The largest absolute Gasteiger partial charge is 0.299 e. The molecule has 2 nitrogen and oxygen atoms in total. The standard InChI is InChI=1S/C16H19NO/c1-13-14(2)17(12-10-16(13)18)11-6-9-15-7-4-3-5-8-15/h3-5,7-8,13-14H,10-12H2,1-2H3/t13-,14-/m0/s1. The van der Waals surface area contributed by atoms with E-state index in [4.69, 9.17) is 0 Å². The third kappa shape index (κ3) is 3.00. The van der Waals surface area contributed by atoms with E-state index in [9.17, 15) is 4.79 Å². The summed E-state index contributed by atoms with van der Waals surface area (Å²) in [5, 5.41) is 0. The molecule has 0 unspecified atom stereocenters. The second kappa shape index (κ2) is 5.84. The Morgan fingerprint density at radius 2 is 2.00 bits per heavy atom. The Hall–Kier alpha value is -1.59. The average Bonchev–Trinajstić information content (AvgIpc) is 2.40. The van der Waals surface area contributed by atoms with Gasteiger partial charge >= 0.3 is 0 Å². The van der Waals surface area contributed by atoms with Crippen LogP contribution in [0.1, 0.15) is 25.8 Å². The van der Waals surface area contributed by atoms with Crippen molar-refractivity contribution in [1.29, 1.82) is 0 Å². The van der Waals surface area contributed by atoms with Gasteiger partial charge in [-0.1, -0.05) is 37.0 Å². The maximum atomic E-state index is 11.6. The molecule has 18 heavy (non-hydrogen) atoms. The SMILES string of the molecule is C[C@@H]1C(=O)CCN(CC#Cc2ccccc2)[C@H]1C. The topological polar surface area (TPSA) is 20.3 Å². The number of ketones is 1. The molecular weight excluding hydrogens is 222 g/mol. The number of carbonyl (C=O) groups is 1. The fraction of sp³-hybridized carbons (Fsp3) is 0.438. The predicted octanol–water partition coefficient (Wildman–Crippen LogP) is 2.34. The van der Waals surface area contributed by atoms with Gasteiger partial charge in [-0.3, -0.25) is 9.69 Å². The van der Waals surface area contributed by atoms with Gasteiger partial charge in [0.2, 0.25) is 0 Å². The summed E-state index contributed by atoms with van der Waals surface area (Å²) in [6.45, 7) is 5.72. The fourth-order valence-electron chi connectivity index (χ4n) is 2.26. The lowest BCUT2D eigenvalue weighted by molar-refractivity contribution is -0.127. The van der Waals surface area contributed by atoms with Crippen molar-refractivity contribution in [3.8, 4) is 11.8 Å². The van der Waals surface area contributed by atoms with Crippen LogP contribution >= 0.6 is 0 Å². The summed E-state index contributed by atoms with van der Waals surface area (Å²) in [5.41, 5.74) is 1.05. The molecule has 1 heterocycles. The summed E-state index contributed by atoms with van der Waals surface area (Å²) < 4.78 is 0. The number of Topliss-reactive ketones (excluding diaryl/α,β-unsaturated/α-hetero) is 1. The van der Waals surface area contributed by atoms with Crippen LogP contribution in [0, 0.1) is 17.8 Å². The number of piperidine rings is 1. The highest BCUT2D eigenvalue weighted by Crippen LogP contribution is 2.19. The minimum Gasteiger partial charge on any atom is -0.299 e. The summed E-state index contributed by atoms with van der Waals surface area (Å²) in [5.74, 6) is 6.88. The van der Waals surface area contributed by atoms with Gasteiger partial charge in [0, 0.05) is 30.5 Å². The van der Waals surface area contributed by atoms with Gasteiger partial charge in [-0.05, 0) is 19.1 Å². The van der Waals surface area contributed by atoms with Crippen LogP contribution in [-0.4, -0.2) is 29.8 Å². The van der Waals surface area contributed by atoms with E-state index in [0.717, 1.165) is 18.7 Å². The average molecular weight is 241 g/mol. The van der Waals surface area contributed by atoms with Crippen LogP contribution < -0.4 is 0 Å². The van der Waals surface area contributed by atoms with Gasteiger partial charge in [0.05, 0.1) is 6.54 Å². The number of rotatable bonds is 1. The van der Waals surface area contributed by atoms with E-state index in [1.807, 2.05) is 37.3 Å². The molecule has 0 N–H and O–H groups in total. The van der Waals surface area contributed by atoms with Crippen molar-refractivity contribution < 1.29 is 4.79 Å². The monoisotopic (exact) mass is 241 g/mol. The van der Waals surface area contributed by atoms with Crippen molar-refractivity contribution in [3.05, 3.63) is 35.9 Å². The third-order valence-corrected chi connectivity index (χ3v) is 3.74. The minimum atomic E-state index is 0.136. The number of benzene rings is 1. The molecule has 1 aliphatic rings. The zero-order valence-electron chi connectivity index (χ0n) is 11.0. The van der Waals surface area contributed by atoms with E-state index in [-0.39, 0.29) is 5.92 Å². The van der Waals surface area contributed by atoms with Gasteiger partial charge < -0.3 is 0 Å². The molecule has 0 radical (unpaired) electrons. The molecule has 2 heteroatoms. The molecule has 1 saturated heterocycles. The molecule has 1 aliphatic heterocycles. The van der Waals surface area contributed by atoms with Gasteiger partial charge in [-0.25, -0.2) is 0 Å². The minimum absolute atomic E-state index is 0.136. The van der Waals surface area contributed by atoms with Gasteiger partial charge in [-0.15, -0.1) is 0 Å². The number of likely N-dealkylation sites (tertiary alicyclic amines) is 1. The normalized spacial score (nSPS) is 24.4. The van der Waals surface area contributed by atoms with E-state index < -0.39 is 0 Å². The van der Waals surface area contributed by atoms with Crippen molar-refractivity contribution in [3.63, 3.8) is 0 Å². The molecule has 2 rings (SSSR count). The Morgan fingerprint density at radius 1 is 1.28 bits per heavy atom. The zero-order valence-corrected chi connectivity index (χ0v) is 11.0. The first-order valence-corrected chi connectivity index (χ1v) is 6.49. The van der Waals surface area contributed by atoms with Crippen LogP contribution in [0.3, 0.4) is 0 Å². The highest BCUT2D eigenvalue weighted by Gasteiger charge is 2.29. The highest BCUT2D eigenvalue weighted by molar-refractivity contribution is 5.82. The molecule has 94 valence electrons. The van der Waals surface area contributed by atoms with Crippen molar-refractivity contribution in [2.45, 2.75) is 26.3 Å². The first-order chi connectivity index (χ1) is 8.68. The van der Waals surface area contributed by atoms with Crippen molar-refractivity contribution in [2.75, 3.05) is 13.1 Å².